The van der Waals surface area contributed by atoms with Crippen LogP contribution in [-0.4, -0.2) is 33.0 Å². The van der Waals surface area contributed by atoms with Crippen molar-refractivity contribution in [1.29, 1.82) is 0 Å². The molecular formula is C21H21FN4O2S. The first-order chi connectivity index (χ1) is 14.1. The van der Waals surface area contributed by atoms with E-state index in [4.69, 9.17) is 4.74 Å². The first-order valence-corrected chi connectivity index (χ1v) is 10.1. The van der Waals surface area contributed by atoms with Crippen LogP contribution in [0, 0.1) is 5.82 Å². The quantitative estimate of drug-likeness (QED) is 0.417. The van der Waals surface area contributed by atoms with Gasteiger partial charge in [0.05, 0.1) is 17.9 Å². The molecule has 3 rings (SSSR count). The van der Waals surface area contributed by atoms with Crippen LogP contribution in [0.15, 0.2) is 66.3 Å². The topological polar surface area (TPSA) is 69.0 Å². The number of hydrogen-bond acceptors (Lipinski definition) is 5. The van der Waals surface area contributed by atoms with Crippen LogP contribution in [0.25, 0.3) is 11.4 Å². The number of carbonyl (C=O) groups is 1. The molecule has 0 aliphatic rings. The lowest BCUT2D eigenvalue weighted by atomic mass is 10.2. The third-order valence-electron chi connectivity index (χ3n) is 3.92. The first-order valence-electron chi connectivity index (χ1n) is 9.07. The third-order valence-corrected chi connectivity index (χ3v) is 4.89. The Morgan fingerprint density at radius 2 is 2.00 bits per heavy atom. The Bertz CT molecular complexity index is 989. The van der Waals surface area contributed by atoms with Crippen molar-refractivity contribution in [2.45, 2.75) is 18.6 Å². The van der Waals surface area contributed by atoms with Gasteiger partial charge in [0.2, 0.25) is 5.91 Å². The lowest BCUT2D eigenvalue weighted by Gasteiger charge is -2.09. The van der Waals surface area contributed by atoms with Crippen molar-refractivity contribution >= 4 is 23.4 Å². The SMILES string of the molecule is C=CCn1c(SCC(=O)Nc2ccc(OCC)cc2)nnc1-c1ccccc1F. The standard InChI is InChI=1S/C21H21FN4O2S/c1-3-13-26-20(17-7-5-6-8-18(17)22)24-25-21(26)29-14-19(27)23-15-9-11-16(12-10-15)28-4-2/h3,5-12H,1,4,13-14H2,2H3,(H,23,27). The van der Waals surface area contributed by atoms with Crippen LogP contribution in [0.5, 0.6) is 5.75 Å². The predicted octanol–water partition coefficient (Wildman–Crippen LogP) is 4.40. The van der Waals surface area contributed by atoms with Crippen molar-refractivity contribution in [3.63, 3.8) is 0 Å². The Morgan fingerprint density at radius 1 is 1.24 bits per heavy atom. The summed E-state index contributed by atoms with van der Waals surface area (Å²) in [6.45, 7) is 6.64. The number of allylic oxidation sites excluding steroid dienone is 1. The molecule has 0 atom stereocenters. The van der Waals surface area contributed by atoms with E-state index in [2.05, 4.69) is 22.1 Å². The molecule has 0 aliphatic carbocycles. The number of halogens is 1. The van der Waals surface area contributed by atoms with Crippen LogP contribution >= 0.6 is 11.8 Å². The van der Waals surface area contributed by atoms with Crippen LogP contribution in [0.2, 0.25) is 0 Å². The fraction of sp³-hybridized carbons (Fsp3) is 0.190. The van der Waals surface area contributed by atoms with Gasteiger partial charge in [-0.15, -0.1) is 16.8 Å². The maximum absolute atomic E-state index is 14.2. The number of amides is 1. The molecule has 1 amide bonds. The minimum absolute atomic E-state index is 0.139. The highest BCUT2D eigenvalue weighted by Gasteiger charge is 2.17. The van der Waals surface area contributed by atoms with Gasteiger partial charge < -0.3 is 10.1 Å². The minimum Gasteiger partial charge on any atom is -0.494 e. The average Bonchev–Trinajstić information content (AvgIpc) is 3.11. The van der Waals surface area contributed by atoms with E-state index >= 15 is 0 Å². The number of benzene rings is 2. The number of carbonyl (C=O) groups excluding carboxylic acids is 1. The molecular weight excluding hydrogens is 391 g/mol. The number of nitrogens with zero attached hydrogens (tertiary/aromatic N) is 3. The molecule has 0 aliphatic heterocycles. The molecule has 150 valence electrons. The lowest BCUT2D eigenvalue weighted by molar-refractivity contribution is -0.113. The Labute approximate surface area is 172 Å². The van der Waals surface area contributed by atoms with Crippen molar-refractivity contribution in [3.05, 3.63) is 67.0 Å². The van der Waals surface area contributed by atoms with E-state index < -0.39 is 0 Å². The van der Waals surface area contributed by atoms with Crippen LogP contribution in [-0.2, 0) is 11.3 Å². The summed E-state index contributed by atoms with van der Waals surface area (Å²) in [5, 5.41) is 11.6. The smallest absolute Gasteiger partial charge is 0.234 e. The first kappa shape index (κ1) is 20.6. The Kier molecular flexibility index (Phi) is 7.02. The number of rotatable bonds is 9. The Hall–Kier alpha value is -3.13. The van der Waals surface area contributed by atoms with Crippen LogP contribution in [0.4, 0.5) is 10.1 Å². The van der Waals surface area contributed by atoms with E-state index in [1.54, 1.807) is 53.1 Å². The van der Waals surface area contributed by atoms with Crippen LogP contribution < -0.4 is 10.1 Å². The molecule has 0 unspecified atom stereocenters. The van der Waals surface area contributed by atoms with Crippen molar-refractivity contribution in [2.24, 2.45) is 0 Å². The monoisotopic (exact) mass is 412 g/mol. The summed E-state index contributed by atoms with van der Waals surface area (Å²) in [6.07, 6.45) is 1.68. The number of ether oxygens (including phenoxy) is 1. The normalized spacial score (nSPS) is 10.6. The van der Waals surface area contributed by atoms with E-state index in [0.29, 0.717) is 35.4 Å². The van der Waals surface area contributed by atoms with E-state index in [-0.39, 0.29) is 17.5 Å². The second-order valence-corrected chi connectivity index (χ2v) is 6.92. The number of hydrogen-bond donors (Lipinski definition) is 1. The number of aromatic nitrogens is 3. The van der Waals surface area contributed by atoms with E-state index in [1.807, 2.05) is 6.92 Å². The second kappa shape index (κ2) is 9.88. The minimum atomic E-state index is -0.380. The molecule has 2 aromatic carbocycles. The molecule has 1 N–H and O–H groups in total. The van der Waals surface area contributed by atoms with Gasteiger partial charge in [0.15, 0.2) is 11.0 Å². The van der Waals surface area contributed by atoms with Crippen LogP contribution in [0.3, 0.4) is 0 Å². The van der Waals surface area contributed by atoms with Gasteiger partial charge in [-0.3, -0.25) is 9.36 Å². The summed E-state index contributed by atoms with van der Waals surface area (Å²) in [6, 6.07) is 13.5. The molecule has 0 bridgehead atoms. The van der Waals surface area contributed by atoms with Gasteiger partial charge in [0.25, 0.3) is 0 Å². The average molecular weight is 412 g/mol. The molecule has 29 heavy (non-hydrogen) atoms. The molecule has 0 saturated heterocycles. The summed E-state index contributed by atoms with van der Waals surface area (Å²) in [4.78, 5) is 12.3. The lowest BCUT2D eigenvalue weighted by Crippen LogP contribution is -2.14. The molecule has 8 heteroatoms. The predicted molar refractivity (Wildman–Crippen MR) is 113 cm³/mol. The zero-order valence-corrected chi connectivity index (χ0v) is 16.8. The number of nitrogens with one attached hydrogen (secondary N) is 1. The van der Waals surface area contributed by atoms with Gasteiger partial charge in [-0.2, -0.15) is 0 Å². The highest BCUT2D eigenvalue weighted by molar-refractivity contribution is 7.99. The van der Waals surface area contributed by atoms with E-state index in [1.165, 1.54) is 17.8 Å². The number of thioether (sulfide) groups is 1. The zero-order chi connectivity index (χ0) is 20.6. The van der Waals surface area contributed by atoms with Crippen molar-refractivity contribution in [1.82, 2.24) is 14.8 Å². The van der Waals surface area contributed by atoms with E-state index in [9.17, 15) is 9.18 Å². The van der Waals surface area contributed by atoms with Crippen molar-refractivity contribution in [3.8, 4) is 17.1 Å². The summed E-state index contributed by atoms with van der Waals surface area (Å²) in [5.74, 6) is 0.727. The Balaban J connectivity index is 1.67. The molecule has 6 nitrogen and oxygen atoms in total. The van der Waals surface area contributed by atoms with Gasteiger partial charge >= 0.3 is 0 Å². The Morgan fingerprint density at radius 3 is 2.69 bits per heavy atom. The molecule has 0 radical (unpaired) electrons. The fourth-order valence-corrected chi connectivity index (χ4v) is 3.41. The summed E-state index contributed by atoms with van der Waals surface area (Å²) >= 11 is 1.23. The fourth-order valence-electron chi connectivity index (χ4n) is 2.66. The second-order valence-electron chi connectivity index (χ2n) is 5.98. The van der Waals surface area contributed by atoms with Crippen molar-refractivity contribution < 1.29 is 13.9 Å². The molecule has 3 aromatic rings. The highest BCUT2D eigenvalue weighted by atomic mass is 32.2. The van der Waals surface area contributed by atoms with Gasteiger partial charge in [-0.25, -0.2) is 4.39 Å². The molecule has 1 heterocycles. The maximum atomic E-state index is 14.2. The molecule has 0 spiro atoms. The van der Waals surface area contributed by atoms with Gasteiger partial charge in [0, 0.05) is 12.2 Å². The van der Waals surface area contributed by atoms with Gasteiger partial charge in [0.1, 0.15) is 11.6 Å². The summed E-state index contributed by atoms with van der Waals surface area (Å²) in [5.41, 5.74) is 1.03. The highest BCUT2D eigenvalue weighted by Crippen LogP contribution is 2.26. The maximum Gasteiger partial charge on any atom is 0.234 e. The van der Waals surface area contributed by atoms with Crippen molar-refractivity contribution in [2.75, 3.05) is 17.7 Å². The third kappa shape index (κ3) is 5.23. The molecule has 0 fully saturated rings. The van der Waals surface area contributed by atoms with Crippen LogP contribution in [0.1, 0.15) is 6.92 Å². The summed E-state index contributed by atoms with van der Waals surface area (Å²) < 4.78 is 21.3. The number of anilines is 1. The van der Waals surface area contributed by atoms with Gasteiger partial charge in [-0.1, -0.05) is 30.0 Å². The summed E-state index contributed by atoms with van der Waals surface area (Å²) in [7, 11) is 0. The van der Waals surface area contributed by atoms with E-state index in [0.717, 1.165) is 5.75 Å². The largest absolute Gasteiger partial charge is 0.494 e. The molecule has 1 aromatic heterocycles. The zero-order valence-electron chi connectivity index (χ0n) is 16.0. The van der Waals surface area contributed by atoms with Gasteiger partial charge in [-0.05, 0) is 43.3 Å². The molecule has 0 saturated carbocycles.